The van der Waals surface area contributed by atoms with Crippen molar-refractivity contribution in [3.63, 3.8) is 0 Å². The second-order valence-electron chi connectivity index (χ2n) is 14.7. The third kappa shape index (κ3) is 4.99. The molecule has 0 amide bonds. The van der Waals surface area contributed by atoms with Gasteiger partial charge in [-0.25, -0.2) is 4.79 Å². The van der Waals surface area contributed by atoms with Gasteiger partial charge in [0.15, 0.2) is 12.4 Å². The molecule has 1 aliphatic heterocycles. The summed E-state index contributed by atoms with van der Waals surface area (Å²) < 4.78 is 29.1. The number of aliphatic carboxylic acids is 1. The maximum atomic E-state index is 13.6. The number of aldehydes is 1. The van der Waals surface area contributed by atoms with Gasteiger partial charge in [0, 0.05) is 12.5 Å². The molecule has 0 aromatic carbocycles. The van der Waals surface area contributed by atoms with E-state index in [-0.39, 0.29) is 42.8 Å². The molecule has 1 saturated heterocycles. The van der Waals surface area contributed by atoms with Crippen LogP contribution in [0.3, 0.4) is 0 Å². The van der Waals surface area contributed by atoms with Crippen LogP contribution >= 0.6 is 0 Å². The summed E-state index contributed by atoms with van der Waals surface area (Å²) in [7, 11) is 1.46. The number of ether oxygens (including phenoxy) is 5. The first-order valence-electron chi connectivity index (χ1n) is 17.2. The van der Waals surface area contributed by atoms with Crippen molar-refractivity contribution in [1.29, 1.82) is 0 Å². The molecule has 0 radical (unpaired) electrons. The van der Waals surface area contributed by atoms with Gasteiger partial charge in [-0.05, 0) is 55.8 Å². The first-order valence-corrected chi connectivity index (χ1v) is 17.2. The highest BCUT2D eigenvalue weighted by Crippen LogP contribution is 2.87. The first-order chi connectivity index (χ1) is 21.5. The SMILES string of the molecule is CCCCCCCCOC(=O)O[C@H]1[C@H](O)[C@H](OCC23C4C=C(C(C)C)C2(C(=O)O)C(C=O)(C4)[C@@H]2CC[C@@H](C)[C@H]23)O[C@H](C)[C@H]1OC. The first kappa shape index (κ1) is 34.3. The van der Waals surface area contributed by atoms with Crippen LogP contribution in [0.4, 0.5) is 4.79 Å². The molecule has 0 aromatic heterocycles. The standard InChI is InChI=1S/C35H54O10/c1-7-8-9-10-11-12-15-42-32(40)45-29-27(37)30(44-22(5)28(29)41-6)43-19-34-23-16-25(20(2)3)35(34,31(38)39)33(17-23,18-36)24-14-13-21(4)26(24)34/h16,18,20-24,26-30,37H,7-15,17,19H2,1-6H3,(H,38,39)/t21-,22-,23?,24-,26-,27+,28-,29+,30-,33?,34?,35?/m1/s1. The molecule has 10 heteroatoms. The summed E-state index contributed by atoms with van der Waals surface area (Å²) in [6, 6.07) is 0. The zero-order valence-corrected chi connectivity index (χ0v) is 27.9. The van der Waals surface area contributed by atoms with Crippen LogP contribution in [0, 0.1) is 45.8 Å². The van der Waals surface area contributed by atoms with Gasteiger partial charge in [0.1, 0.15) is 23.9 Å². The summed E-state index contributed by atoms with van der Waals surface area (Å²) in [6.07, 6.45) is 5.60. The van der Waals surface area contributed by atoms with Crippen LogP contribution in [0.5, 0.6) is 0 Å². The quantitative estimate of drug-likeness (QED) is 0.102. The van der Waals surface area contributed by atoms with Gasteiger partial charge >= 0.3 is 12.1 Å². The van der Waals surface area contributed by atoms with Crippen molar-refractivity contribution in [3.8, 4) is 0 Å². The summed E-state index contributed by atoms with van der Waals surface area (Å²) in [5, 5.41) is 22.6. The summed E-state index contributed by atoms with van der Waals surface area (Å²) in [6.45, 7) is 10.3. The summed E-state index contributed by atoms with van der Waals surface area (Å²) >= 11 is 0. The number of aliphatic hydroxyl groups is 1. The Labute approximate surface area is 267 Å². The second-order valence-corrected chi connectivity index (χ2v) is 14.7. The number of aliphatic hydroxyl groups excluding tert-OH is 1. The lowest BCUT2D eigenvalue weighted by Crippen LogP contribution is -2.60. The van der Waals surface area contributed by atoms with E-state index < -0.39 is 59.1 Å². The molecule has 0 spiro atoms. The average Bonchev–Trinajstić information content (AvgIpc) is 3.67. The molecule has 12 atom stereocenters. The monoisotopic (exact) mass is 634 g/mol. The Morgan fingerprint density at radius 1 is 1.11 bits per heavy atom. The Morgan fingerprint density at radius 2 is 1.82 bits per heavy atom. The molecule has 1 heterocycles. The number of carboxylic acids is 1. The van der Waals surface area contributed by atoms with Crippen LogP contribution in [-0.4, -0.2) is 79.7 Å². The van der Waals surface area contributed by atoms with E-state index in [1.807, 2.05) is 13.8 Å². The summed E-state index contributed by atoms with van der Waals surface area (Å²) in [4.78, 5) is 39.5. The van der Waals surface area contributed by atoms with Crippen molar-refractivity contribution in [3.05, 3.63) is 11.6 Å². The molecule has 4 aliphatic carbocycles. The highest BCUT2D eigenvalue weighted by Gasteiger charge is 2.89. The molecule has 4 unspecified atom stereocenters. The van der Waals surface area contributed by atoms with Gasteiger partial charge in [-0.15, -0.1) is 0 Å². The number of methoxy groups -OCH3 is 1. The fourth-order valence-electron chi connectivity index (χ4n) is 10.7. The van der Waals surface area contributed by atoms with Crippen molar-refractivity contribution in [1.82, 2.24) is 0 Å². The minimum atomic E-state index is -1.41. The maximum Gasteiger partial charge on any atom is 0.508 e. The van der Waals surface area contributed by atoms with Crippen molar-refractivity contribution in [2.75, 3.05) is 20.3 Å². The van der Waals surface area contributed by atoms with Crippen molar-refractivity contribution < 1.29 is 48.3 Å². The summed E-state index contributed by atoms with van der Waals surface area (Å²) in [5.74, 6) is -1.03. The summed E-state index contributed by atoms with van der Waals surface area (Å²) in [5.41, 5.74) is -2.43. The lowest BCUT2D eigenvalue weighted by atomic mass is 9.55. The highest BCUT2D eigenvalue weighted by atomic mass is 16.8. The number of rotatable bonds is 15. The smallest absolute Gasteiger partial charge is 0.481 e. The number of carbonyl (C=O) groups is 3. The molecule has 254 valence electrons. The largest absolute Gasteiger partial charge is 0.508 e. The van der Waals surface area contributed by atoms with E-state index >= 15 is 0 Å². The van der Waals surface area contributed by atoms with Crippen LogP contribution in [-0.2, 0) is 33.3 Å². The molecule has 10 nitrogen and oxygen atoms in total. The van der Waals surface area contributed by atoms with Crippen LogP contribution in [0.2, 0.25) is 0 Å². The van der Waals surface area contributed by atoms with Crippen molar-refractivity contribution >= 4 is 18.4 Å². The van der Waals surface area contributed by atoms with Crippen LogP contribution in [0.1, 0.15) is 92.4 Å². The van der Waals surface area contributed by atoms with E-state index in [1.165, 1.54) is 13.5 Å². The van der Waals surface area contributed by atoms with Crippen LogP contribution in [0.15, 0.2) is 11.6 Å². The third-order valence-electron chi connectivity index (χ3n) is 12.3. The van der Waals surface area contributed by atoms with Crippen LogP contribution in [0.25, 0.3) is 0 Å². The lowest BCUT2D eigenvalue weighted by Gasteiger charge is -2.47. The fourth-order valence-corrected chi connectivity index (χ4v) is 10.7. The van der Waals surface area contributed by atoms with Gasteiger partial charge in [0.05, 0.1) is 24.7 Å². The Balaban J connectivity index is 1.35. The molecule has 3 saturated carbocycles. The predicted octanol–water partition coefficient (Wildman–Crippen LogP) is 5.54. The molecule has 4 fully saturated rings. The number of allylic oxidation sites excluding steroid dienone is 1. The van der Waals surface area contributed by atoms with E-state index in [9.17, 15) is 24.6 Å². The topological polar surface area (TPSA) is 138 Å². The Bertz CT molecular complexity index is 1140. The number of carboxylic acid groups (broad SMARTS) is 1. The Hall–Kier alpha value is -2.01. The molecule has 45 heavy (non-hydrogen) atoms. The molecule has 5 aliphatic rings. The van der Waals surface area contributed by atoms with Gasteiger partial charge in [0.25, 0.3) is 0 Å². The second kappa shape index (κ2) is 13.2. The van der Waals surface area contributed by atoms with Gasteiger partial charge in [-0.2, -0.15) is 0 Å². The Morgan fingerprint density at radius 3 is 2.47 bits per heavy atom. The predicted molar refractivity (Wildman–Crippen MR) is 164 cm³/mol. The minimum Gasteiger partial charge on any atom is -0.481 e. The lowest BCUT2D eigenvalue weighted by molar-refractivity contribution is -0.306. The van der Waals surface area contributed by atoms with E-state index in [1.54, 1.807) is 6.92 Å². The normalized spacial score (nSPS) is 42.9. The number of hydrogen-bond acceptors (Lipinski definition) is 9. The van der Waals surface area contributed by atoms with E-state index in [2.05, 4.69) is 19.9 Å². The number of unbranched alkanes of at least 4 members (excludes halogenated alkanes) is 5. The zero-order valence-electron chi connectivity index (χ0n) is 27.9. The fraction of sp³-hybridized carbons (Fsp3) is 0.857. The minimum absolute atomic E-state index is 0.000916. The molecular weight excluding hydrogens is 580 g/mol. The molecule has 0 aromatic rings. The van der Waals surface area contributed by atoms with Crippen LogP contribution < -0.4 is 0 Å². The van der Waals surface area contributed by atoms with Gasteiger partial charge in [-0.3, -0.25) is 4.79 Å². The van der Waals surface area contributed by atoms with Crippen molar-refractivity contribution in [2.45, 2.75) is 123 Å². The van der Waals surface area contributed by atoms with Gasteiger partial charge in [0.2, 0.25) is 0 Å². The number of carbonyl (C=O) groups excluding carboxylic acids is 2. The molecule has 2 N–H and O–H groups in total. The van der Waals surface area contributed by atoms with E-state index in [4.69, 9.17) is 23.7 Å². The number of fused-ring (bicyclic) bond motifs is 2. The number of hydrogen-bond donors (Lipinski definition) is 2. The zero-order chi connectivity index (χ0) is 32.7. The molecular formula is C35H54O10. The molecule has 5 rings (SSSR count). The Kier molecular flexibility index (Phi) is 10.1. The van der Waals surface area contributed by atoms with Crippen molar-refractivity contribution in [2.24, 2.45) is 45.8 Å². The third-order valence-corrected chi connectivity index (χ3v) is 12.3. The van der Waals surface area contributed by atoms with Gasteiger partial charge < -0.3 is 38.7 Å². The average molecular weight is 635 g/mol. The molecule has 4 bridgehead atoms. The van der Waals surface area contributed by atoms with E-state index in [0.29, 0.717) is 6.42 Å². The van der Waals surface area contributed by atoms with E-state index in [0.717, 1.165) is 56.8 Å². The maximum absolute atomic E-state index is 13.6. The van der Waals surface area contributed by atoms with Gasteiger partial charge in [-0.1, -0.05) is 77.9 Å². The highest BCUT2D eigenvalue weighted by molar-refractivity contribution is 5.91.